The molecule has 154 valence electrons. The number of hydrogen-bond donors (Lipinski definition) is 2. The Morgan fingerprint density at radius 3 is 2.27 bits per heavy atom. The third kappa shape index (κ3) is 8.23. The number of guanidine groups is 1. The smallest absolute Gasteiger partial charge is 0.191 e. The average Bonchev–Trinajstić information content (AvgIpc) is 2.59. The minimum atomic E-state index is 0.0538. The van der Waals surface area contributed by atoms with E-state index in [1.165, 1.54) is 0 Å². The van der Waals surface area contributed by atoms with Gasteiger partial charge in [-0.15, -0.1) is 0 Å². The Morgan fingerprint density at radius 2 is 1.73 bits per heavy atom. The van der Waals surface area contributed by atoms with Crippen LogP contribution in [0.15, 0.2) is 4.99 Å². The van der Waals surface area contributed by atoms with Crippen LogP contribution in [0.1, 0.15) is 54.9 Å². The summed E-state index contributed by atoms with van der Waals surface area (Å²) >= 11 is 0. The highest BCUT2D eigenvalue weighted by Gasteiger charge is 2.28. The van der Waals surface area contributed by atoms with Gasteiger partial charge in [0, 0.05) is 50.3 Å². The van der Waals surface area contributed by atoms with Crippen molar-refractivity contribution in [3.63, 3.8) is 0 Å². The summed E-state index contributed by atoms with van der Waals surface area (Å²) in [5.74, 6) is 0.925. The van der Waals surface area contributed by atoms with Gasteiger partial charge in [0.1, 0.15) is 0 Å². The fourth-order valence-corrected chi connectivity index (χ4v) is 3.46. The number of nitrogens with one attached hydrogen (secondary N) is 2. The highest BCUT2D eigenvalue weighted by atomic mass is 16.5. The Balaban J connectivity index is 2.47. The van der Waals surface area contributed by atoms with Gasteiger partial charge in [0.2, 0.25) is 0 Å². The number of ether oxygens (including phenoxy) is 1. The van der Waals surface area contributed by atoms with Crippen molar-refractivity contribution < 1.29 is 4.74 Å². The molecule has 0 spiro atoms. The molecule has 0 bridgehead atoms. The Bertz CT molecular complexity index is 395. The van der Waals surface area contributed by atoms with E-state index in [0.29, 0.717) is 12.1 Å². The van der Waals surface area contributed by atoms with Crippen LogP contribution in [0.2, 0.25) is 0 Å². The predicted octanol–water partition coefficient (Wildman–Crippen LogP) is 2.16. The standard InChI is InChI=1S/C20H43N5O/c1-8-21-19(22-10-9-11-25(17(2)3)18(4)5)23-16-20(6,7)24-12-14-26-15-13-24/h17-18H,8-16H2,1-7H3,(H2,21,22,23). The van der Waals surface area contributed by atoms with Crippen LogP contribution in [0.5, 0.6) is 0 Å². The molecular formula is C20H43N5O. The van der Waals surface area contributed by atoms with Gasteiger partial charge in [0.05, 0.1) is 19.8 Å². The molecular weight excluding hydrogens is 326 g/mol. The van der Waals surface area contributed by atoms with Crippen LogP contribution in [-0.2, 0) is 4.74 Å². The molecule has 1 aliphatic rings. The van der Waals surface area contributed by atoms with Crippen molar-refractivity contribution in [2.24, 2.45) is 4.99 Å². The van der Waals surface area contributed by atoms with Crippen LogP contribution in [-0.4, -0.2) is 85.9 Å². The van der Waals surface area contributed by atoms with Gasteiger partial charge in [-0.25, -0.2) is 0 Å². The van der Waals surface area contributed by atoms with Crippen LogP contribution >= 0.6 is 0 Å². The second kappa shape index (κ2) is 11.8. The molecule has 0 unspecified atom stereocenters. The zero-order valence-electron chi connectivity index (χ0n) is 18.3. The average molecular weight is 370 g/mol. The maximum absolute atomic E-state index is 5.47. The normalized spacial score (nSPS) is 17.4. The van der Waals surface area contributed by atoms with Gasteiger partial charge in [0.15, 0.2) is 5.96 Å². The second-order valence-electron chi connectivity index (χ2n) is 8.31. The molecule has 1 rings (SSSR count). The first-order chi connectivity index (χ1) is 12.3. The molecule has 6 nitrogen and oxygen atoms in total. The summed E-state index contributed by atoms with van der Waals surface area (Å²) < 4.78 is 5.47. The molecule has 1 fully saturated rings. The van der Waals surface area contributed by atoms with Gasteiger partial charge in [-0.3, -0.25) is 14.8 Å². The Hall–Kier alpha value is -0.850. The zero-order chi connectivity index (χ0) is 19.6. The highest BCUT2D eigenvalue weighted by Crippen LogP contribution is 2.16. The maximum atomic E-state index is 5.47. The lowest BCUT2D eigenvalue weighted by molar-refractivity contribution is -0.00683. The molecule has 6 heteroatoms. The van der Waals surface area contributed by atoms with E-state index in [2.05, 4.69) is 68.9 Å². The molecule has 0 saturated carbocycles. The summed E-state index contributed by atoms with van der Waals surface area (Å²) in [5, 5.41) is 6.87. The monoisotopic (exact) mass is 369 g/mol. The number of rotatable bonds is 10. The SMILES string of the molecule is CCNC(=NCC(C)(C)N1CCOCC1)NCCCN(C(C)C)C(C)C. The fourth-order valence-electron chi connectivity index (χ4n) is 3.46. The fraction of sp³-hybridized carbons (Fsp3) is 0.950. The summed E-state index contributed by atoms with van der Waals surface area (Å²) in [6, 6.07) is 1.18. The van der Waals surface area contributed by atoms with E-state index in [-0.39, 0.29) is 5.54 Å². The van der Waals surface area contributed by atoms with Crippen molar-refractivity contribution in [3.8, 4) is 0 Å². The van der Waals surface area contributed by atoms with Gasteiger partial charge >= 0.3 is 0 Å². The summed E-state index contributed by atoms with van der Waals surface area (Å²) in [5.41, 5.74) is 0.0538. The topological polar surface area (TPSA) is 52.1 Å². The van der Waals surface area contributed by atoms with Crippen molar-refractivity contribution in [2.75, 3.05) is 52.5 Å². The zero-order valence-corrected chi connectivity index (χ0v) is 18.3. The molecule has 0 aliphatic carbocycles. The van der Waals surface area contributed by atoms with Crippen molar-refractivity contribution in [2.45, 2.75) is 72.5 Å². The van der Waals surface area contributed by atoms with E-state index >= 15 is 0 Å². The lowest BCUT2D eigenvalue weighted by atomic mass is 10.0. The molecule has 0 amide bonds. The van der Waals surface area contributed by atoms with Gasteiger partial charge in [-0.05, 0) is 54.9 Å². The molecule has 0 aromatic carbocycles. The summed E-state index contributed by atoms with van der Waals surface area (Å²) in [7, 11) is 0. The van der Waals surface area contributed by atoms with Crippen LogP contribution in [0.25, 0.3) is 0 Å². The lowest BCUT2D eigenvalue weighted by Gasteiger charge is -2.39. The molecule has 1 heterocycles. The number of morpholine rings is 1. The molecule has 1 saturated heterocycles. The number of nitrogens with zero attached hydrogens (tertiary/aromatic N) is 3. The van der Waals surface area contributed by atoms with Crippen molar-refractivity contribution in [1.29, 1.82) is 0 Å². The molecule has 2 N–H and O–H groups in total. The van der Waals surface area contributed by atoms with Gasteiger partial charge in [0.25, 0.3) is 0 Å². The third-order valence-electron chi connectivity index (χ3n) is 5.05. The van der Waals surface area contributed by atoms with Crippen LogP contribution in [0, 0.1) is 0 Å². The van der Waals surface area contributed by atoms with Crippen LogP contribution < -0.4 is 10.6 Å². The first kappa shape index (κ1) is 23.2. The van der Waals surface area contributed by atoms with E-state index < -0.39 is 0 Å². The third-order valence-corrected chi connectivity index (χ3v) is 5.05. The molecule has 0 radical (unpaired) electrons. The highest BCUT2D eigenvalue weighted by molar-refractivity contribution is 5.79. The lowest BCUT2D eigenvalue weighted by Crippen LogP contribution is -2.52. The van der Waals surface area contributed by atoms with E-state index in [1.807, 2.05) is 0 Å². The molecule has 1 aliphatic heterocycles. The quantitative estimate of drug-likeness (QED) is 0.351. The minimum absolute atomic E-state index is 0.0538. The molecule has 0 aromatic rings. The molecule has 0 aromatic heterocycles. The maximum Gasteiger partial charge on any atom is 0.191 e. The van der Waals surface area contributed by atoms with E-state index in [9.17, 15) is 0 Å². The van der Waals surface area contributed by atoms with E-state index in [1.54, 1.807) is 0 Å². The number of hydrogen-bond acceptors (Lipinski definition) is 4. The summed E-state index contributed by atoms with van der Waals surface area (Å²) in [4.78, 5) is 9.86. The molecule has 26 heavy (non-hydrogen) atoms. The second-order valence-corrected chi connectivity index (χ2v) is 8.31. The van der Waals surface area contributed by atoms with E-state index in [0.717, 1.165) is 64.9 Å². The first-order valence-electron chi connectivity index (χ1n) is 10.4. The van der Waals surface area contributed by atoms with Gasteiger partial charge in [-0.2, -0.15) is 0 Å². The summed E-state index contributed by atoms with van der Waals surface area (Å²) in [6.45, 7) is 23.1. The van der Waals surface area contributed by atoms with Crippen LogP contribution in [0.4, 0.5) is 0 Å². The number of aliphatic imine (C=N–C) groups is 1. The van der Waals surface area contributed by atoms with Gasteiger partial charge < -0.3 is 15.4 Å². The largest absolute Gasteiger partial charge is 0.379 e. The Kier molecular flexibility index (Phi) is 10.5. The molecule has 0 atom stereocenters. The van der Waals surface area contributed by atoms with Crippen molar-refractivity contribution in [1.82, 2.24) is 20.4 Å². The van der Waals surface area contributed by atoms with Gasteiger partial charge in [-0.1, -0.05) is 0 Å². The van der Waals surface area contributed by atoms with Crippen LogP contribution in [0.3, 0.4) is 0 Å². The van der Waals surface area contributed by atoms with Crippen molar-refractivity contribution >= 4 is 5.96 Å². The first-order valence-corrected chi connectivity index (χ1v) is 10.4. The van der Waals surface area contributed by atoms with Crippen molar-refractivity contribution in [3.05, 3.63) is 0 Å². The minimum Gasteiger partial charge on any atom is -0.379 e. The Morgan fingerprint density at radius 1 is 1.12 bits per heavy atom. The Labute approximate surface area is 161 Å². The van der Waals surface area contributed by atoms with E-state index in [4.69, 9.17) is 9.73 Å². The predicted molar refractivity (Wildman–Crippen MR) is 112 cm³/mol. The summed E-state index contributed by atoms with van der Waals surface area (Å²) in [6.07, 6.45) is 1.12.